The third-order valence-corrected chi connectivity index (χ3v) is 4.18. The summed E-state index contributed by atoms with van der Waals surface area (Å²) in [6, 6.07) is 3.46. The summed E-state index contributed by atoms with van der Waals surface area (Å²) >= 11 is 1.14. The van der Waals surface area contributed by atoms with Crippen LogP contribution in [0.2, 0.25) is 0 Å². The molecule has 0 aliphatic heterocycles. The second-order valence-corrected chi connectivity index (χ2v) is 5.97. The first-order chi connectivity index (χ1) is 12.4. The molecule has 0 aliphatic carbocycles. The zero-order chi connectivity index (χ0) is 19.3. The number of hydrogen-bond acceptors (Lipinski definition) is 6. The first-order valence-electron chi connectivity index (χ1n) is 7.38. The minimum Gasteiger partial charge on any atom is -0.315 e. The first-order valence-corrected chi connectivity index (χ1v) is 8.26. The second-order valence-electron chi connectivity index (χ2n) is 5.06. The third kappa shape index (κ3) is 3.62. The molecule has 0 aliphatic rings. The van der Waals surface area contributed by atoms with E-state index in [9.17, 15) is 19.2 Å². The number of carbonyl (C=O) groups excluding carboxylic acids is 1. The van der Waals surface area contributed by atoms with Gasteiger partial charge in [0.2, 0.25) is 5.91 Å². The van der Waals surface area contributed by atoms with Gasteiger partial charge in [0.25, 0.3) is 0 Å². The zero-order valence-electron chi connectivity index (χ0n) is 13.7. The molecule has 0 aromatic carbocycles. The largest absolute Gasteiger partial charge is 0.337 e. The van der Waals surface area contributed by atoms with Crippen LogP contribution in [0.1, 0.15) is 5.56 Å². The summed E-state index contributed by atoms with van der Waals surface area (Å²) < 4.78 is 2.26. The van der Waals surface area contributed by atoms with Gasteiger partial charge in [0.1, 0.15) is 17.6 Å². The van der Waals surface area contributed by atoms with Crippen molar-refractivity contribution in [3.05, 3.63) is 73.8 Å². The molecular formula is C16H15N5O4S. The Balaban J connectivity index is 2.47. The number of aromatic nitrogens is 3. The number of thiophene rings is 1. The fourth-order valence-electron chi connectivity index (χ4n) is 2.19. The molecule has 1 amide bonds. The van der Waals surface area contributed by atoms with Crippen LogP contribution in [0, 0.1) is 11.3 Å². The van der Waals surface area contributed by atoms with Crippen LogP contribution in [0.5, 0.6) is 0 Å². The molecule has 26 heavy (non-hydrogen) atoms. The molecule has 0 bridgehead atoms. The van der Waals surface area contributed by atoms with Gasteiger partial charge in [-0.05, 0) is 11.4 Å². The lowest BCUT2D eigenvalue weighted by molar-refractivity contribution is -0.116. The molecule has 2 heterocycles. The van der Waals surface area contributed by atoms with E-state index in [1.54, 1.807) is 5.38 Å². The standard InChI is InChI=1S/C16H15N5O4S/c1-3-6-19-14(23)20(7-4-2)16(25)21(15(19)24)10-12(22)18-13-11(9-17)5-8-26-13/h3-5,8H,1-2,6-7,10H2,(H,18,22). The molecule has 2 rings (SSSR count). The van der Waals surface area contributed by atoms with Gasteiger partial charge >= 0.3 is 17.1 Å². The number of rotatable bonds is 7. The molecular weight excluding hydrogens is 358 g/mol. The van der Waals surface area contributed by atoms with Gasteiger partial charge in [-0.3, -0.25) is 4.79 Å². The molecule has 0 unspecified atom stereocenters. The number of nitriles is 1. The van der Waals surface area contributed by atoms with E-state index in [1.807, 2.05) is 6.07 Å². The minimum atomic E-state index is -0.915. The molecule has 0 fully saturated rings. The number of nitrogens with one attached hydrogen (secondary N) is 1. The van der Waals surface area contributed by atoms with Crippen LogP contribution in [0.4, 0.5) is 5.00 Å². The van der Waals surface area contributed by atoms with Gasteiger partial charge in [0.15, 0.2) is 0 Å². The topological polar surface area (TPSA) is 119 Å². The van der Waals surface area contributed by atoms with Crippen molar-refractivity contribution in [2.24, 2.45) is 0 Å². The number of anilines is 1. The summed E-state index contributed by atoms with van der Waals surface area (Å²) in [4.78, 5) is 49.3. The van der Waals surface area contributed by atoms with Crippen molar-refractivity contribution in [3.8, 4) is 6.07 Å². The predicted octanol–water partition coefficient (Wildman–Crippen LogP) is 0.116. The Morgan fingerprint density at radius 3 is 2.15 bits per heavy atom. The molecule has 0 spiro atoms. The number of amides is 1. The van der Waals surface area contributed by atoms with Crippen molar-refractivity contribution in [2.75, 3.05) is 5.32 Å². The summed E-state index contributed by atoms with van der Waals surface area (Å²) in [5.74, 6) is -0.669. The van der Waals surface area contributed by atoms with E-state index >= 15 is 0 Å². The highest BCUT2D eigenvalue weighted by molar-refractivity contribution is 7.14. The maximum absolute atomic E-state index is 12.4. The van der Waals surface area contributed by atoms with E-state index in [-0.39, 0.29) is 18.7 Å². The Morgan fingerprint density at radius 1 is 1.12 bits per heavy atom. The van der Waals surface area contributed by atoms with E-state index in [1.165, 1.54) is 18.2 Å². The summed E-state index contributed by atoms with van der Waals surface area (Å²) in [5.41, 5.74) is -2.36. The van der Waals surface area contributed by atoms with E-state index in [0.29, 0.717) is 9.57 Å². The Kier molecular flexibility index (Phi) is 5.87. The summed E-state index contributed by atoms with van der Waals surface area (Å²) in [7, 11) is 0. The average Bonchev–Trinajstić information content (AvgIpc) is 3.06. The van der Waals surface area contributed by atoms with Crippen molar-refractivity contribution >= 4 is 22.2 Å². The highest BCUT2D eigenvalue weighted by Crippen LogP contribution is 2.21. The van der Waals surface area contributed by atoms with E-state index in [0.717, 1.165) is 20.5 Å². The molecule has 0 saturated carbocycles. The third-order valence-electron chi connectivity index (χ3n) is 3.35. The maximum Gasteiger partial charge on any atom is 0.337 e. The van der Waals surface area contributed by atoms with Gasteiger partial charge in [-0.1, -0.05) is 12.2 Å². The van der Waals surface area contributed by atoms with Gasteiger partial charge in [0.05, 0.1) is 18.7 Å². The fourth-order valence-corrected chi connectivity index (χ4v) is 2.95. The molecule has 2 aromatic heterocycles. The SMILES string of the molecule is C=CCn1c(=O)n(CC=C)c(=O)n(CC(=O)Nc2sccc2C#N)c1=O. The highest BCUT2D eigenvalue weighted by atomic mass is 32.1. The Bertz CT molecular complexity index is 1030. The quantitative estimate of drug-likeness (QED) is 0.691. The van der Waals surface area contributed by atoms with Gasteiger partial charge < -0.3 is 5.32 Å². The van der Waals surface area contributed by atoms with Crippen molar-refractivity contribution in [2.45, 2.75) is 19.6 Å². The lowest BCUT2D eigenvalue weighted by Crippen LogP contribution is -2.55. The molecule has 10 heteroatoms. The van der Waals surface area contributed by atoms with Crippen LogP contribution in [-0.4, -0.2) is 19.6 Å². The van der Waals surface area contributed by atoms with Crippen LogP contribution in [0.15, 0.2) is 51.1 Å². The summed E-state index contributed by atoms with van der Waals surface area (Å²) in [5, 5.41) is 13.4. The fraction of sp³-hybridized carbons (Fsp3) is 0.188. The van der Waals surface area contributed by atoms with Crippen molar-refractivity contribution < 1.29 is 4.79 Å². The Morgan fingerprint density at radius 2 is 1.65 bits per heavy atom. The normalized spacial score (nSPS) is 10.1. The maximum atomic E-state index is 12.4. The van der Waals surface area contributed by atoms with Crippen molar-refractivity contribution in [3.63, 3.8) is 0 Å². The molecule has 134 valence electrons. The van der Waals surface area contributed by atoms with E-state index < -0.39 is 29.5 Å². The number of hydrogen-bond donors (Lipinski definition) is 1. The Hall–Kier alpha value is -3.45. The average molecular weight is 373 g/mol. The molecule has 0 saturated heterocycles. The number of nitrogens with zero attached hydrogens (tertiary/aromatic N) is 4. The van der Waals surface area contributed by atoms with Gasteiger partial charge in [-0.25, -0.2) is 28.1 Å². The summed E-state index contributed by atoms with van der Waals surface area (Å²) in [6.45, 7) is 6.12. The molecule has 0 atom stereocenters. The monoisotopic (exact) mass is 373 g/mol. The summed E-state index contributed by atoms with van der Waals surface area (Å²) in [6.07, 6.45) is 2.67. The van der Waals surface area contributed by atoms with Crippen LogP contribution >= 0.6 is 11.3 Å². The van der Waals surface area contributed by atoms with Gasteiger partial charge in [-0.15, -0.1) is 24.5 Å². The van der Waals surface area contributed by atoms with E-state index in [4.69, 9.17) is 5.26 Å². The van der Waals surface area contributed by atoms with Crippen LogP contribution in [0.25, 0.3) is 0 Å². The van der Waals surface area contributed by atoms with Crippen LogP contribution in [-0.2, 0) is 24.4 Å². The second kappa shape index (κ2) is 8.09. The predicted molar refractivity (Wildman–Crippen MR) is 97.3 cm³/mol. The molecule has 9 nitrogen and oxygen atoms in total. The van der Waals surface area contributed by atoms with Gasteiger partial charge in [0, 0.05) is 0 Å². The smallest absolute Gasteiger partial charge is 0.315 e. The number of allylic oxidation sites excluding steroid dienone is 2. The van der Waals surface area contributed by atoms with E-state index in [2.05, 4.69) is 18.5 Å². The molecule has 2 aromatic rings. The first kappa shape index (κ1) is 18.9. The Labute approximate surface area is 151 Å². The molecule has 1 N–H and O–H groups in total. The highest BCUT2D eigenvalue weighted by Gasteiger charge is 2.17. The van der Waals surface area contributed by atoms with Crippen molar-refractivity contribution in [1.82, 2.24) is 13.7 Å². The zero-order valence-corrected chi connectivity index (χ0v) is 14.5. The van der Waals surface area contributed by atoms with Crippen LogP contribution in [0.3, 0.4) is 0 Å². The van der Waals surface area contributed by atoms with Gasteiger partial charge in [-0.2, -0.15) is 5.26 Å². The minimum absolute atomic E-state index is 0.111. The van der Waals surface area contributed by atoms with Crippen LogP contribution < -0.4 is 22.4 Å². The molecule has 0 radical (unpaired) electrons. The van der Waals surface area contributed by atoms with Crippen molar-refractivity contribution in [1.29, 1.82) is 5.26 Å². The number of carbonyl (C=O) groups is 1. The lowest BCUT2D eigenvalue weighted by Gasteiger charge is -2.12. The lowest BCUT2D eigenvalue weighted by atomic mass is 10.3.